The number of nitrogens with one attached hydrogen (secondary N) is 1. The zero-order valence-corrected chi connectivity index (χ0v) is 12.7. The maximum Gasteiger partial charge on any atom is 0.221 e. The zero-order chi connectivity index (χ0) is 16.1. The van der Waals surface area contributed by atoms with Crippen LogP contribution < -0.4 is 14.8 Å². The quantitative estimate of drug-likeness (QED) is 0.862. The fraction of sp³-hybridized carbons (Fsp3) is 0.176. The Labute approximate surface area is 128 Å². The summed E-state index contributed by atoms with van der Waals surface area (Å²) in [5, 5.41) is 2.66. The van der Waals surface area contributed by atoms with Crippen molar-refractivity contribution in [1.82, 2.24) is 0 Å². The topological polar surface area (TPSA) is 64.6 Å². The van der Waals surface area contributed by atoms with Crippen LogP contribution in [0.25, 0.3) is 0 Å². The smallest absolute Gasteiger partial charge is 0.221 e. The van der Waals surface area contributed by atoms with Crippen molar-refractivity contribution in [2.75, 3.05) is 19.5 Å². The van der Waals surface area contributed by atoms with Crippen molar-refractivity contribution in [1.29, 1.82) is 0 Å². The Morgan fingerprint density at radius 1 is 0.955 bits per heavy atom. The molecule has 114 valence electrons. The van der Waals surface area contributed by atoms with Gasteiger partial charge in [-0.2, -0.15) is 0 Å². The lowest BCUT2D eigenvalue weighted by Gasteiger charge is -2.11. The minimum Gasteiger partial charge on any atom is -0.493 e. The maximum atomic E-state index is 12.7. The fourth-order valence-electron chi connectivity index (χ4n) is 2.11. The van der Waals surface area contributed by atoms with E-state index in [1.807, 2.05) is 0 Å². The fourth-order valence-corrected chi connectivity index (χ4v) is 2.11. The van der Waals surface area contributed by atoms with Crippen LogP contribution in [0.4, 0.5) is 5.69 Å². The molecule has 0 bridgehead atoms. The second-order valence-electron chi connectivity index (χ2n) is 4.63. The molecule has 0 fully saturated rings. The number of ether oxygens (including phenoxy) is 2. The molecule has 0 saturated heterocycles. The summed E-state index contributed by atoms with van der Waals surface area (Å²) in [6, 6.07) is 11.8. The molecule has 0 aliphatic rings. The SMILES string of the molecule is COc1ccc(C(=O)c2ccccc2NC(C)=O)cc1OC. The van der Waals surface area contributed by atoms with Gasteiger partial charge in [-0.1, -0.05) is 12.1 Å². The number of ketones is 1. The normalized spacial score (nSPS) is 9.95. The number of anilines is 1. The summed E-state index contributed by atoms with van der Waals surface area (Å²) in [7, 11) is 3.04. The molecular weight excluding hydrogens is 282 g/mol. The second kappa shape index (κ2) is 6.76. The van der Waals surface area contributed by atoms with Crippen LogP contribution >= 0.6 is 0 Å². The van der Waals surface area contributed by atoms with Crippen molar-refractivity contribution >= 4 is 17.4 Å². The summed E-state index contributed by atoms with van der Waals surface area (Å²) in [4.78, 5) is 23.9. The van der Waals surface area contributed by atoms with Crippen molar-refractivity contribution in [2.24, 2.45) is 0 Å². The predicted molar refractivity (Wildman–Crippen MR) is 83.7 cm³/mol. The van der Waals surface area contributed by atoms with Crippen molar-refractivity contribution in [2.45, 2.75) is 6.92 Å². The second-order valence-corrected chi connectivity index (χ2v) is 4.63. The van der Waals surface area contributed by atoms with E-state index in [-0.39, 0.29) is 11.7 Å². The standard InChI is InChI=1S/C17H17NO4/c1-11(19)18-14-7-5-4-6-13(14)17(20)12-8-9-15(21-2)16(10-12)22-3/h4-10H,1-3H3,(H,18,19). The minimum absolute atomic E-state index is 0.203. The number of amides is 1. The first-order chi connectivity index (χ1) is 10.6. The molecule has 0 unspecified atom stereocenters. The summed E-state index contributed by atoms with van der Waals surface area (Å²) in [6.45, 7) is 1.40. The third-order valence-corrected chi connectivity index (χ3v) is 3.13. The maximum absolute atomic E-state index is 12.7. The Balaban J connectivity index is 2.42. The first-order valence-corrected chi connectivity index (χ1v) is 6.70. The van der Waals surface area contributed by atoms with E-state index in [1.165, 1.54) is 21.1 Å². The number of para-hydroxylation sites is 1. The van der Waals surface area contributed by atoms with Gasteiger partial charge in [0.2, 0.25) is 5.91 Å². The van der Waals surface area contributed by atoms with Crippen molar-refractivity contribution in [3.63, 3.8) is 0 Å². The van der Waals surface area contributed by atoms with Gasteiger partial charge in [-0.3, -0.25) is 9.59 Å². The molecule has 22 heavy (non-hydrogen) atoms. The Morgan fingerprint density at radius 3 is 2.27 bits per heavy atom. The number of hydrogen-bond acceptors (Lipinski definition) is 4. The van der Waals surface area contributed by atoms with Gasteiger partial charge in [0.1, 0.15) is 0 Å². The first kappa shape index (κ1) is 15.6. The Bertz CT molecular complexity index is 710. The first-order valence-electron chi connectivity index (χ1n) is 6.70. The van der Waals surface area contributed by atoms with Crippen molar-refractivity contribution in [3.05, 3.63) is 53.6 Å². The van der Waals surface area contributed by atoms with Gasteiger partial charge in [0.05, 0.1) is 19.9 Å². The summed E-state index contributed by atoms with van der Waals surface area (Å²) < 4.78 is 10.4. The van der Waals surface area contributed by atoms with Crippen LogP contribution in [0.15, 0.2) is 42.5 Å². The highest BCUT2D eigenvalue weighted by Gasteiger charge is 2.16. The van der Waals surface area contributed by atoms with E-state index >= 15 is 0 Å². The monoisotopic (exact) mass is 299 g/mol. The number of carbonyl (C=O) groups is 2. The number of hydrogen-bond donors (Lipinski definition) is 1. The van der Waals surface area contributed by atoms with Crippen LogP contribution in [0.5, 0.6) is 11.5 Å². The number of carbonyl (C=O) groups excluding carboxylic acids is 2. The largest absolute Gasteiger partial charge is 0.493 e. The van der Waals surface area contributed by atoms with Crippen LogP contribution in [0.1, 0.15) is 22.8 Å². The van der Waals surface area contributed by atoms with E-state index in [0.29, 0.717) is 28.3 Å². The molecule has 0 radical (unpaired) electrons. The summed E-state index contributed by atoms with van der Waals surface area (Å²) in [6.07, 6.45) is 0. The van der Waals surface area contributed by atoms with Crippen molar-refractivity contribution < 1.29 is 19.1 Å². The van der Waals surface area contributed by atoms with Crippen LogP contribution in [0.3, 0.4) is 0 Å². The van der Waals surface area contributed by atoms with Gasteiger partial charge in [0.25, 0.3) is 0 Å². The van der Waals surface area contributed by atoms with Gasteiger partial charge in [-0.15, -0.1) is 0 Å². The lowest BCUT2D eigenvalue weighted by Crippen LogP contribution is -2.11. The molecule has 1 amide bonds. The molecule has 0 atom stereocenters. The molecule has 2 aromatic rings. The molecular formula is C17H17NO4. The molecule has 5 heteroatoms. The van der Waals surface area contributed by atoms with E-state index in [2.05, 4.69) is 5.32 Å². The molecule has 0 aliphatic heterocycles. The van der Waals surface area contributed by atoms with Gasteiger partial charge in [-0.05, 0) is 30.3 Å². The Kier molecular flexibility index (Phi) is 4.78. The average molecular weight is 299 g/mol. The zero-order valence-electron chi connectivity index (χ0n) is 12.7. The lowest BCUT2D eigenvalue weighted by molar-refractivity contribution is -0.114. The molecule has 5 nitrogen and oxygen atoms in total. The molecule has 2 aromatic carbocycles. The summed E-state index contributed by atoms with van der Waals surface area (Å²) >= 11 is 0. The predicted octanol–water partition coefficient (Wildman–Crippen LogP) is 2.89. The average Bonchev–Trinajstić information content (AvgIpc) is 2.53. The lowest BCUT2D eigenvalue weighted by atomic mass is 10.0. The van der Waals surface area contributed by atoms with E-state index < -0.39 is 0 Å². The summed E-state index contributed by atoms with van der Waals surface area (Å²) in [5.74, 6) is 0.595. The Morgan fingerprint density at radius 2 is 1.64 bits per heavy atom. The van der Waals surface area contributed by atoms with Crippen LogP contribution in [-0.4, -0.2) is 25.9 Å². The highest BCUT2D eigenvalue weighted by atomic mass is 16.5. The van der Waals surface area contributed by atoms with Gasteiger partial charge in [-0.25, -0.2) is 0 Å². The molecule has 1 N–H and O–H groups in total. The minimum atomic E-state index is -0.229. The van der Waals surface area contributed by atoms with Gasteiger partial charge in [0, 0.05) is 18.1 Å². The number of benzene rings is 2. The molecule has 0 saturated carbocycles. The van der Waals surface area contributed by atoms with E-state index in [1.54, 1.807) is 42.5 Å². The van der Waals surface area contributed by atoms with Gasteiger partial charge < -0.3 is 14.8 Å². The van der Waals surface area contributed by atoms with Crippen LogP contribution in [0.2, 0.25) is 0 Å². The highest BCUT2D eigenvalue weighted by Crippen LogP contribution is 2.29. The number of methoxy groups -OCH3 is 2. The van der Waals surface area contributed by atoms with Crippen LogP contribution in [-0.2, 0) is 4.79 Å². The van der Waals surface area contributed by atoms with Gasteiger partial charge >= 0.3 is 0 Å². The Hall–Kier alpha value is -2.82. The summed E-state index contributed by atoms with van der Waals surface area (Å²) in [5.41, 5.74) is 1.36. The van der Waals surface area contributed by atoms with Crippen molar-refractivity contribution in [3.8, 4) is 11.5 Å². The third-order valence-electron chi connectivity index (χ3n) is 3.13. The van der Waals surface area contributed by atoms with E-state index in [0.717, 1.165) is 0 Å². The molecule has 0 aromatic heterocycles. The molecule has 0 heterocycles. The van der Waals surface area contributed by atoms with E-state index in [9.17, 15) is 9.59 Å². The molecule has 0 spiro atoms. The van der Waals surface area contributed by atoms with Crippen LogP contribution in [0, 0.1) is 0 Å². The van der Waals surface area contributed by atoms with Gasteiger partial charge in [0.15, 0.2) is 17.3 Å². The third kappa shape index (κ3) is 3.25. The molecule has 2 rings (SSSR count). The number of rotatable bonds is 5. The highest BCUT2D eigenvalue weighted by molar-refractivity contribution is 6.13. The van der Waals surface area contributed by atoms with E-state index in [4.69, 9.17) is 9.47 Å². The molecule has 0 aliphatic carbocycles.